The van der Waals surface area contributed by atoms with E-state index in [1.54, 1.807) is 30.0 Å². The summed E-state index contributed by atoms with van der Waals surface area (Å²) in [6.45, 7) is 3.24. The monoisotopic (exact) mass is 501 g/mol. The number of halogens is 1. The minimum absolute atomic E-state index is 0.0527. The molecule has 1 amide bonds. The van der Waals surface area contributed by atoms with Crippen molar-refractivity contribution in [3.8, 4) is 5.75 Å². The number of rotatable bonds is 4. The highest BCUT2D eigenvalue weighted by molar-refractivity contribution is 6.01. The van der Waals surface area contributed by atoms with Crippen LogP contribution in [0.4, 0.5) is 15.9 Å². The van der Waals surface area contributed by atoms with Gasteiger partial charge < -0.3 is 20.1 Å². The smallest absolute Gasteiger partial charge is 0.341 e. The van der Waals surface area contributed by atoms with Crippen molar-refractivity contribution in [2.75, 3.05) is 25.0 Å². The molecule has 4 aromatic rings. The van der Waals surface area contributed by atoms with Crippen LogP contribution in [0.3, 0.4) is 0 Å². The maximum atomic E-state index is 14.9. The zero-order valence-electron chi connectivity index (χ0n) is 20.1. The van der Waals surface area contributed by atoms with Crippen LogP contribution in [-0.2, 0) is 5.41 Å². The van der Waals surface area contributed by atoms with Gasteiger partial charge in [-0.3, -0.25) is 4.79 Å². The number of aromatic carboxylic acids is 1. The first-order valence-corrected chi connectivity index (χ1v) is 12.0. The van der Waals surface area contributed by atoms with Crippen molar-refractivity contribution in [1.29, 1.82) is 0 Å². The number of carbonyl (C=O) groups excluding carboxylic acids is 1. The lowest BCUT2D eigenvalue weighted by Gasteiger charge is -2.38. The highest BCUT2D eigenvalue weighted by Crippen LogP contribution is 2.45. The van der Waals surface area contributed by atoms with Crippen LogP contribution < -0.4 is 10.1 Å². The average Bonchev–Trinajstić information content (AvgIpc) is 3.50. The van der Waals surface area contributed by atoms with Gasteiger partial charge in [0.15, 0.2) is 5.65 Å². The van der Waals surface area contributed by atoms with Crippen molar-refractivity contribution in [2.24, 2.45) is 0 Å². The largest absolute Gasteiger partial charge is 0.492 e. The number of benzene rings is 2. The van der Waals surface area contributed by atoms with Gasteiger partial charge in [0.1, 0.15) is 28.5 Å². The summed E-state index contributed by atoms with van der Waals surface area (Å²) in [6, 6.07) is 12.9. The predicted molar refractivity (Wildman–Crippen MR) is 133 cm³/mol. The van der Waals surface area contributed by atoms with Gasteiger partial charge >= 0.3 is 5.97 Å². The molecular formula is C27H24FN5O4. The summed E-state index contributed by atoms with van der Waals surface area (Å²) in [7, 11) is 0. The minimum atomic E-state index is -1.20. The van der Waals surface area contributed by atoms with Gasteiger partial charge in [-0.15, -0.1) is 0 Å². The van der Waals surface area contributed by atoms with Gasteiger partial charge in [0, 0.05) is 30.3 Å². The molecule has 0 unspecified atom stereocenters. The molecule has 1 fully saturated rings. The topological polar surface area (TPSA) is 109 Å². The van der Waals surface area contributed by atoms with E-state index in [1.807, 2.05) is 18.2 Å². The first-order chi connectivity index (χ1) is 17.9. The number of carboxylic acid groups (broad SMARTS) is 1. The van der Waals surface area contributed by atoms with Gasteiger partial charge in [-0.25, -0.2) is 14.2 Å². The second kappa shape index (κ2) is 8.58. The Bertz CT molecular complexity index is 1560. The summed E-state index contributed by atoms with van der Waals surface area (Å²) in [5.74, 6) is -0.913. The fraction of sp³-hybridized carbons (Fsp3) is 0.259. The number of hydrogen-bond donors (Lipinski definition) is 2. The Hall–Kier alpha value is -4.47. The van der Waals surface area contributed by atoms with Gasteiger partial charge in [0.05, 0.1) is 18.5 Å². The van der Waals surface area contributed by atoms with Crippen LogP contribution in [0.25, 0.3) is 5.65 Å². The molecule has 2 N–H and O–H groups in total. The third kappa shape index (κ3) is 3.67. The Morgan fingerprint density at radius 2 is 1.86 bits per heavy atom. The number of likely N-dealkylation sites (tertiary alicyclic amines) is 1. The molecule has 1 spiro atoms. The number of nitrogens with zero attached hydrogens (tertiary/aromatic N) is 4. The molecule has 0 radical (unpaired) electrons. The van der Waals surface area contributed by atoms with Crippen molar-refractivity contribution in [1.82, 2.24) is 19.5 Å². The molecule has 0 atom stereocenters. The number of aryl methyl sites for hydroxylation is 1. The van der Waals surface area contributed by atoms with Gasteiger partial charge in [-0.1, -0.05) is 30.3 Å². The SMILES string of the molecule is Cc1cccc(Nc2c(C(=O)N3CCC4(CC3)COc3ccccc34)cnc3c(C(=O)O)cnn23)c1F. The number of hydrogen-bond acceptors (Lipinski definition) is 6. The van der Waals surface area contributed by atoms with Crippen molar-refractivity contribution in [3.63, 3.8) is 0 Å². The predicted octanol–water partition coefficient (Wildman–Crippen LogP) is 4.19. The summed E-state index contributed by atoms with van der Waals surface area (Å²) in [4.78, 5) is 31.4. The van der Waals surface area contributed by atoms with Crippen molar-refractivity contribution < 1.29 is 23.8 Å². The standard InChI is InChI=1S/C27H24FN5O4/c1-16-5-4-7-20(22(16)28)31-24-17(13-29-23-18(26(35)36)14-30-33(23)24)25(34)32-11-9-27(10-12-32)15-37-21-8-3-2-6-19(21)27/h2-8,13-14,31H,9-12,15H2,1H3,(H,35,36). The molecule has 188 valence electrons. The van der Waals surface area contributed by atoms with E-state index in [0.717, 1.165) is 18.6 Å². The first kappa shape index (κ1) is 23.0. The van der Waals surface area contributed by atoms with Gasteiger partial charge in [-0.2, -0.15) is 9.61 Å². The van der Waals surface area contributed by atoms with Crippen LogP contribution in [0.2, 0.25) is 0 Å². The summed E-state index contributed by atoms with van der Waals surface area (Å²) >= 11 is 0. The number of amides is 1. The lowest BCUT2D eigenvalue weighted by Crippen LogP contribution is -2.46. The quantitative estimate of drug-likeness (QED) is 0.432. The third-order valence-electron chi connectivity index (χ3n) is 7.40. The third-order valence-corrected chi connectivity index (χ3v) is 7.40. The molecule has 0 aliphatic carbocycles. The minimum Gasteiger partial charge on any atom is -0.492 e. The number of carboxylic acids is 1. The molecule has 2 aliphatic rings. The molecule has 4 heterocycles. The highest BCUT2D eigenvalue weighted by atomic mass is 19.1. The Morgan fingerprint density at radius 3 is 2.65 bits per heavy atom. The van der Waals surface area contributed by atoms with E-state index < -0.39 is 11.8 Å². The molecule has 2 aliphatic heterocycles. The Morgan fingerprint density at radius 1 is 1.08 bits per heavy atom. The van der Waals surface area contributed by atoms with Crippen LogP contribution >= 0.6 is 0 Å². The second-order valence-corrected chi connectivity index (χ2v) is 9.54. The van der Waals surface area contributed by atoms with E-state index in [1.165, 1.54) is 22.5 Å². The molecule has 37 heavy (non-hydrogen) atoms. The molecule has 0 bridgehead atoms. The molecule has 9 nitrogen and oxygen atoms in total. The number of fused-ring (bicyclic) bond motifs is 3. The Labute approximate surface area is 211 Å². The number of carbonyl (C=O) groups is 2. The van der Waals surface area contributed by atoms with E-state index in [9.17, 15) is 19.1 Å². The number of nitrogens with one attached hydrogen (secondary N) is 1. The van der Waals surface area contributed by atoms with Gasteiger partial charge in [0.25, 0.3) is 5.91 Å². The molecule has 0 saturated carbocycles. The molecule has 10 heteroatoms. The maximum Gasteiger partial charge on any atom is 0.341 e. The van der Waals surface area contributed by atoms with E-state index in [0.29, 0.717) is 25.3 Å². The Balaban J connectivity index is 1.35. The van der Waals surface area contributed by atoms with Crippen LogP contribution in [0.15, 0.2) is 54.9 Å². The van der Waals surface area contributed by atoms with Crippen molar-refractivity contribution >= 4 is 29.0 Å². The summed E-state index contributed by atoms with van der Waals surface area (Å²) < 4.78 is 22.1. The van der Waals surface area contributed by atoms with Crippen molar-refractivity contribution in [2.45, 2.75) is 25.2 Å². The lowest BCUT2D eigenvalue weighted by atomic mass is 9.74. The zero-order chi connectivity index (χ0) is 25.7. The number of para-hydroxylation sites is 1. The molecular weight excluding hydrogens is 477 g/mol. The van der Waals surface area contributed by atoms with E-state index in [-0.39, 0.29) is 39.6 Å². The second-order valence-electron chi connectivity index (χ2n) is 9.54. The van der Waals surface area contributed by atoms with Crippen LogP contribution in [-0.4, -0.2) is 56.2 Å². The molecule has 2 aromatic carbocycles. The number of anilines is 2. The number of aromatic nitrogens is 3. The molecule has 1 saturated heterocycles. The molecule has 6 rings (SSSR count). The Kier molecular flexibility index (Phi) is 5.32. The number of piperidine rings is 1. The van der Waals surface area contributed by atoms with Gasteiger partial charge in [0.2, 0.25) is 0 Å². The summed E-state index contributed by atoms with van der Waals surface area (Å²) in [6.07, 6.45) is 3.98. The van der Waals surface area contributed by atoms with E-state index in [2.05, 4.69) is 21.5 Å². The van der Waals surface area contributed by atoms with Crippen LogP contribution in [0.5, 0.6) is 5.75 Å². The molecule has 2 aromatic heterocycles. The zero-order valence-corrected chi connectivity index (χ0v) is 20.1. The van der Waals surface area contributed by atoms with E-state index in [4.69, 9.17) is 4.74 Å². The van der Waals surface area contributed by atoms with Crippen molar-refractivity contribution in [3.05, 3.63) is 82.9 Å². The average molecular weight is 502 g/mol. The fourth-order valence-corrected chi connectivity index (χ4v) is 5.28. The van der Waals surface area contributed by atoms with E-state index >= 15 is 0 Å². The first-order valence-electron chi connectivity index (χ1n) is 12.0. The lowest BCUT2D eigenvalue weighted by molar-refractivity contribution is 0.0645. The number of ether oxygens (including phenoxy) is 1. The fourth-order valence-electron chi connectivity index (χ4n) is 5.28. The highest BCUT2D eigenvalue weighted by Gasteiger charge is 2.44. The summed E-state index contributed by atoms with van der Waals surface area (Å²) in [5, 5.41) is 16.7. The summed E-state index contributed by atoms with van der Waals surface area (Å²) in [5.41, 5.74) is 1.73. The maximum absolute atomic E-state index is 14.9. The van der Waals surface area contributed by atoms with Gasteiger partial charge in [-0.05, 0) is 37.5 Å². The van der Waals surface area contributed by atoms with Crippen LogP contribution in [0, 0.1) is 12.7 Å². The van der Waals surface area contributed by atoms with Crippen LogP contribution in [0.1, 0.15) is 44.7 Å². The normalized spacial score (nSPS) is 16.0.